The predicted molar refractivity (Wildman–Crippen MR) is 71.7 cm³/mol. The van der Waals surface area contributed by atoms with Gasteiger partial charge in [-0.3, -0.25) is 0 Å². The molecule has 0 fully saturated rings. The second-order valence-electron chi connectivity index (χ2n) is 3.96. The molecule has 1 unspecified atom stereocenters. The van der Waals surface area contributed by atoms with Crippen LogP contribution in [-0.4, -0.2) is 12.3 Å². The first-order chi connectivity index (χ1) is 7.26. The molecule has 0 saturated carbocycles. The minimum absolute atomic E-state index is 0.571. The van der Waals surface area contributed by atoms with E-state index in [2.05, 4.69) is 49.7 Å². The third kappa shape index (κ3) is 4.61. The Morgan fingerprint density at radius 1 is 1.27 bits per heavy atom. The van der Waals surface area contributed by atoms with Crippen molar-refractivity contribution < 1.29 is 0 Å². The summed E-state index contributed by atoms with van der Waals surface area (Å²) in [5, 5.41) is 3.51. The standard InChI is InChI=1S/C13H21NS/c1-4-5-11(2)14-13-8-6-12(7-9-13)10-15-3/h6-9,11,14H,4-5,10H2,1-3H3. The average molecular weight is 223 g/mol. The second kappa shape index (κ2) is 6.78. The summed E-state index contributed by atoms with van der Waals surface area (Å²) in [6, 6.07) is 9.34. The van der Waals surface area contributed by atoms with Crippen molar-refractivity contribution in [2.75, 3.05) is 11.6 Å². The van der Waals surface area contributed by atoms with E-state index in [1.54, 1.807) is 0 Å². The number of nitrogens with one attached hydrogen (secondary N) is 1. The first-order valence-corrected chi connectivity index (χ1v) is 7.00. The minimum Gasteiger partial charge on any atom is -0.383 e. The van der Waals surface area contributed by atoms with Crippen molar-refractivity contribution in [2.45, 2.75) is 38.5 Å². The number of hydrogen-bond donors (Lipinski definition) is 1. The monoisotopic (exact) mass is 223 g/mol. The quantitative estimate of drug-likeness (QED) is 0.777. The van der Waals surface area contributed by atoms with Gasteiger partial charge in [-0.25, -0.2) is 0 Å². The molecular formula is C13H21NS. The molecule has 1 aromatic rings. The fraction of sp³-hybridized carbons (Fsp3) is 0.538. The molecule has 0 spiro atoms. The number of benzene rings is 1. The Morgan fingerprint density at radius 2 is 1.93 bits per heavy atom. The fourth-order valence-electron chi connectivity index (χ4n) is 1.65. The van der Waals surface area contributed by atoms with Crippen molar-refractivity contribution >= 4 is 17.4 Å². The summed E-state index contributed by atoms with van der Waals surface area (Å²) in [5.74, 6) is 1.10. The Labute approximate surface area is 97.7 Å². The van der Waals surface area contributed by atoms with Gasteiger partial charge in [-0.05, 0) is 37.3 Å². The van der Waals surface area contributed by atoms with Crippen molar-refractivity contribution in [1.82, 2.24) is 0 Å². The third-order valence-corrected chi connectivity index (χ3v) is 3.02. The van der Waals surface area contributed by atoms with Gasteiger partial charge in [-0.1, -0.05) is 25.5 Å². The highest BCUT2D eigenvalue weighted by Crippen LogP contribution is 2.15. The van der Waals surface area contributed by atoms with Crippen molar-refractivity contribution in [2.24, 2.45) is 0 Å². The van der Waals surface area contributed by atoms with E-state index in [9.17, 15) is 0 Å². The van der Waals surface area contributed by atoms with Crippen LogP contribution in [0.15, 0.2) is 24.3 Å². The van der Waals surface area contributed by atoms with Gasteiger partial charge in [0.1, 0.15) is 0 Å². The summed E-state index contributed by atoms with van der Waals surface area (Å²) < 4.78 is 0. The zero-order chi connectivity index (χ0) is 11.1. The summed E-state index contributed by atoms with van der Waals surface area (Å²) in [6.45, 7) is 4.46. The molecule has 0 aromatic heterocycles. The van der Waals surface area contributed by atoms with E-state index in [1.165, 1.54) is 24.1 Å². The van der Waals surface area contributed by atoms with Crippen LogP contribution in [0.25, 0.3) is 0 Å². The third-order valence-electron chi connectivity index (χ3n) is 2.40. The van der Waals surface area contributed by atoms with Crippen LogP contribution in [0.5, 0.6) is 0 Å². The second-order valence-corrected chi connectivity index (χ2v) is 4.83. The Balaban J connectivity index is 2.48. The van der Waals surface area contributed by atoms with Crippen molar-refractivity contribution in [3.63, 3.8) is 0 Å². The maximum Gasteiger partial charge on any atom is 0.0342 e. The van der Waals surface area contributed by atoms with Crippen LogP contribution >= 0.6 is 11.8 Å². The van der Waals surface area contributed by atoms with Gasteiger partial charge in [0.2, 0.25) is 0 Å². The summed E-state index contributed by atoms with van der Waals surface area (Å²) in [7, 11) is 0. The molecule has 0 aliphatic heterocycles. The van der Waals surface area contributed by atoms with E-state index in [1.807, 2.05) is 11.8 Å². The average Bonchev–Trinajstić information content (AvgIpc) is 2.22. The molecule has 1 aromatic carbocycles. The van der Waals surface area contributed by atoms with Gasteiger partial charge in [-0.2, -0.15) is 11.8 Å². The van der Waals surface area contributed by atoms with Crippen LogP contribution < -0.4 is 5.32 Å². The maximum atomic E-state index is 3.51. The van der Waals surface area contributed by atoms with Crippen LogP contribution in [-0.2, 0) is 5.75 Å². The number of anilines is 1. The van der Waals surface area contributed by atoms with E-state index in [4.69, 9.17) is 0 Å². The number of hydrogen-bond acceptors (Lipinski definition) is 2. The lowest BCUT2D eigenvalue weighted by molar-refractivity contribution is 0.690. The molecule has 1 rings (SSSR count). The highest BCUT2D eigenvalue weighted by molar-refractivity contribution is 7.97. The van der Waals surface area contributed by atoms with Gasteiger partial charge in [0, 0.05) is 17.5 Å². The molecule has 1 N–H and O–H groups in total. The SMILES string of the molecule is CCCC(C)Nc1ccc(CSC)cc1. The molecule has 0 aliphatic rings. The lowest BCUT2D eigenvalue weighted by Gasteiger charge is -2.14. The van der Waals surface area contributed by atoms with Gasteiger partial charge in [0.05, 0.1) is 0 Å². The topological polar surface area (TPSA) is 12.0 Å². The van der Waals surface area contributed by atoms with Crippen LogP contribution in [0, 0.1) is 0 Å². The van der Waals surface area contributed by atoms with Crippen molar-refractivity contribution in [3.05, 3.63) is 29.8 Å². The highest BCUT2D eigenvalue weighted by atomic mass is 32.2. The lowest BCUT2D eigenvalue weighted by atomic mass is 10.1. The molecule has 15 heavy (non-hydrogen) atoms. The summed E-state index contributed by atoms with van der Waals surface area (Å²) in [5.41, 5.74) is 2.64. The summed E-state index contributed by atoms with van der Waals surface area (Å²) in [4.78, 5) is 0. The molecule has 0 radical (unpaired) electrons. The van der Waals surface area contributed by atoms with Crippen LogP contribution in [0.1, 0.15) is 32.3 Å². The Bertz CT molecular complexity index is 268. The molecular weight excluding hydrogens is 202 g/mol. The first kappa shape index (κ1) is 12.4. The molecule has 2 heteroatoms. The van der Waals surface area contributed by atoms with E-state index in [-0.39, 0.29) is 0 Å². The Morgan fingerprint density at radius 3 is 2.47 bits per heavy atom. The summed E-state index contributed by atoms with van der Waals surface area (Å²) in [6.07, 6.45) is 4.60. The minimum atomic E-state index is 0.571. The van der Waals surface area contributed by atoms with Gasteiger partial charge in [0.15, 0.2) is 0 Å². The van der Waals surface area contributed by atoms with E-state index in [0.29, 0.717) is 6.04 Å². The molecule has 0 heterocycles. The first-order valence-electron chi connectivity index (χ1n) is 5.60. The smallest absolute Gasteiger partial charge is 0.0342 e. The molecule has 0 bridgehead atoms. The van der Waals surface area contributed by atoms with Gasteiger partial charge >= 0.3 is 0 Å². The van der Waals surface area contributed by atoms with Crippen molar-refractivity contribution in [3.8, 4) is 0 Å². The van der Waals surface area contributed by atoms with Crippen LogP contribution in [0.2, 0.25) is 0 Å². The maximum absolute atomic E-state index is 3.51. The van der Waals surface area contributed by atoms with Crippen LogP contribution in [0.4, 0.5) is 5.69 Å². The molecule has 0 aliphatic carbocycles. The predicted octanol–water partition coefficient (Wildman–Crippen LogP) is 4.15. The fourth-order valence-corrected chi connectivity index (χ4v) is 2.18. The molecule has 1 atom stereocenters. The van der Waals surface area contributed by atoms with Crippen molar-refractivity contribution in [1.29, 1.82) is 0 Å². The molecule has 0 saturated heterocycles. The molecule has 0 amide bonds. The zero-order valence-electron chi connectivity index (χ0n) is 9.92. The van der Waals surface area contributed by atoms with E-state index in [0.717, 1.165) is 5.75 Å². The number of rotatable bonds is 6. The summed E-state index contributed by atoms with van der Waals surface area (Å²) >= 11 is 1.86. The Hall–Kier alpha value is -0.630. The van der Waals surface area contributed by atoms with Gasteiger partial charge in [0.25, 0.3) is 0 Å². The van der Waals surface area contributed by atoms with E-state index < -0.39 is 0 Å². The van der Waals surface area contributed by atoms with Crippen LogP contribution in [0.3, 0.4) is 0 Å². The molecule has 1 nitrogen and oxygen atoms in total. The highest BCUT2D eigenvalue weighted by Gasteiger charge is 2.00. The Kier molecular flexibility index (Phi) is 5.62. The van der Waals surface area contributed by atoms with E-state index >= 15 is 0 Å². The lowest BCUT2D eigenvalue weighted by Crippen LogP contribution is -2.14. The largest absolute Gasteiger partial charge is 0.383 e. The van der Waals surface area contributed by atoms with Gasteiger partial charge < -0.3 is 5.32 Å². The zero-order valence-corrected chi connectivity index (χ0v) is 10.7. The molecule has 84 valence electrons. The normalized spacial score (nSPS) is 12.5. The van der Waals surface area contributed by atoms with Gasteiger partial charge in [-0.15, -0.1) is 0 Å². The number of thioether (sulfide) groups is 1.